The molecule has 0 unspecified atom stereocenters. The number of benzene rings is 1. The summed E-state index contributed by atoms with van der Waals surface area (Å²) in [5, 5.41) is 21.5. The molecule has 0 bridgehead atoms. The number of carbonyl (C=O) groups excluding carboxylic acids is 1. The van der Waals surface area contributed by atoms with Gasteiger partial charge in [-0.1, -0.05) is 12.1 Å². The lowest BCUT2D eigenvalue weighted by atomic mass is 10.1. The van der Waals surface area contributed by atoms with Crippen LogP contribution < -0.4 is 0 Å². The molecule has 0 fully saturated rings. The van der Waals surface area contributed by atoms with Crippen LogP contribution in [0.4, 0.5) is 0 Å². The molecule has 0 saturated carbocycles. The molecule has 6 nitrogen and oxygen atoms in total. The van der Waals surface area contributed by atoms with E-state index in [0.717, 1.165) is 11.3 Å². The van der Waals surface area contributed by atoms with E-state index in [1.54, 1.807) is 48.7 Å². The van der Waals surface area contributed by atoms with E-state index in [4.69, 9.17) is 10.5 Å². The smallest absolute Gasteiger partial charge is 0.358 e. The maximum atomic E-state index is 11.3. The Hall–Kier alpha value is -3.38. The monoisotopic (exact) mass is 278 g/mol. The molecule has 0 N–H and O–H groups in total. The van der Waals surface area contributed by atoms with Crippen LogP contribution in [0, 0.1) is 22.7 Å². The second-order valence-electron chi connectivity index (χ2n) is 4.01. The van der Waals surface area contributed by atoms with Crippen molar-refractivity contribution in [2.45, 2.75) is 0 Å². The molecule has 0 radical (unpaired) electrons. The van der Waals surface area contributed by atoms with Crippen molar-refractivity contribution < 1.29 is 9.53 Å². The van der Waals surface area contributed by atoms with E-state index in [1.165, 1.54) is 17.9 Å². The van der Waals surface area contributed by atoms with Crippen LogP contribution in [-0.2, 0) is 4.74 Å². The largest absolute Gasteiger partial charge is 0.464 e. The number of esters is 1. The zero-order valence-corrected chi connectivity index (χ0v) is 11.1. The van der Waals surface area contributed by atoms with Crippen LogP contribution in [0.2, 0.25) is 0 Å². The van der Waals surface area contributed by atoms with E-state index in [2.05, 4.69) is 9.84 Å². The predicted octanol–water partition coefficient (Wildman–Crippen LogP) is 2.09. The highest BCUT2D eigenvalue weighted by Gasteiger charge is 2.09. The van der Waals surface area contributed by atoms with Crippen molar-refractivity contribution in [1.29, 1.82) is 10.5 Å². The van der Waals surface area contributed by atoms with E-state index in [1.807, 2.05) is 0 Å². The first-order chi connectivity index (χ1) is 10.2. The third kappa shape index (κ3) is 3.14. The second kappa shape index (κ2) is 6.18. The molecule has 0 amide bonds. The van der Waals surface area contributed by atoms with Crippen molar-refractivity contribution in [2.24, 2.45) is 0 Å². The van der Waals surface area contributed by atoms with Gasteiger partial charge in [-0.2, -0.15) is 15.6 Å². The molecule has 102 valence electrons. The van der Waals surface area contributed by atoms with Gasteiger partial charge in [0.1, 0.15) is 17.7 Å². The van der Waals surface area contributed by atoms with Crippen LogP contribution in [0.3, 0.4) is 0 Å². The topological polar surface area (TPSA) is 91.7 Å². The third-order valence-electron chi connectivity index (χ3n) is 2.69. The zero-order chi connectivity index (χ0) is 15.2. The third-order valence-corrected chi connectivity index (χ3v) is 2.69. The Kier molecular flexibility index (Phi) is 4.13. The summed E-state index contributed by atoms with van der Waals surface area (Å²) in [7, 11) is 1.30. The second-order valence-corrected chi connectivity index (χ2v) is 4.01. The maximum Gasteiger partial charge on any atom is 0.358 e. The van der Waals surface area contributed by atoms with Gasteiger partial charge in [0, 0.05) is 6.20 Å². The molecule has 1 aromatic carbocycles. The van der Waals surface area contributed by atoms with Gasteiger partial charge in [-0.15, -0.1) is 0 Å². The molecule has 0 aliphatic heterocycles. The summed E-state index contributed by atoms with van der Waals surface area (Å²) < 4.78 is 6.13. The Morgan fingerprint density at radius 1 is 1.24 bits per heavy atom. The molecule has 2 aromatic rings. The molecule has 1 aromatic heterocycles. The number of allylic oxidation sites excluding steroid dienone is 1. The van der Waals surface area contributed by atoms with E-state index in [-0.39, 0.29) is 11.3 Å². The summed E-state index contributed by atoms with van der Waals surface area (Å²) in [5.41, 5.74) is 1.74. The molecular formula is C15H10N4O2. The van der Waals surface area contributed by atoms with Crippen molar-refractivity contribution in [2.75, 3.05) is 7.11 Å². The molecule has 6 heteroatoms. The van der Waals surface area contributed by atoms with Gasteiger partial charge >= 0.3 is 5.97 Å². The van der Waals surface area contributed by atoms with Crippen molar-refractivity contribution in [3.8, 4) is 17.8 Å². The van der Waals surface area contributed by atoms with Gasteiger partial charge in [0.05, 0.1) is 12.8 Å². The highest BCUT2D eigenvalue weighted by molar-refractivity contribution is 5.86. The average Bonchev–Trinajstić information content (AvgIpc) is 3.02. The molecule has 1 heterocycles. The number of rotatable bonds is 3. The number of nitrogens with zero attached hydrogens (tertiary/aromatic N) is 4. The average molecular weight is 278 g/mol. The minimum Gasteiger partial charge on any atom is -0.464 e. The van der Waals surface area contributed by atoms with Crippen molar-refractivity contribution in [3.63, 3.8) is 0 Å². The minimum absolute atomic E-state index is 0.0369. The van der Waals surface area contributed by atoms with Crippen molar-refractivity contribution in [1.82, 2.24) is 9.78 Å². The fourth-order valence-corrected chi connectivity index (χ4v) is 1.66. The van der Waals surface area contributed by atoms with E-state index in [0.29, 0.717) is 0 Å². The normalized spacial score (nSPS) is 9.29. The lowest BCUT2D eigenvalue weighted by Gasteiger charge is -2.01. The molecular weight excluding hydrogens is 268 g/mol. The van der Waals surface area contributed by atoms with Gasteiger partial charge in [0.25, 0.3) is 0 Å². The predicted molar refractivity (Wildman–Crippen MR) is 74.1 cm³/mol. The maximum absolute atomic E-state index is 11.3. The van der Waals surface area contributed by atoms with Crippen molar-refractivity contribution >= 4 is 12.0 Å². The Morgan fingerprint density at radius 2 is 1.90 bits per heavy atom. The summed E-state index contributed by atoms with van der Waals surface area (Å²) in [4.78, 5) is 11.3. The van der Waals surface area contributed by atoms with Gasteiger partial charge in [-0.05, 0) is 29.8 Å². The molecule has 2 rings (SSSR count). The molecule has 21 heavy (non-hydrogen) atoms. The summed E-state index contributed by atoms with van der Waals surface area (Å²) >= 11 is 0. The first kappa shape index (κ1) is 14.0. The molecule has 0 saturated heterocycles. The fourth-order valence-electron chi connectivity index (χ4n) is 1.66. The van der Waals surface area contributed by atoms with Crippen molar-refractivity contribution in [3.05, 3.63) is 53.4 Å². The highest BCUT2D eigenvalue weighted by atomic mass is 16.5. The first-order valence-corrected chi connectivity index (χ1v) is 5.94. The van der Waals surface area contributed by atoms with Gasteiger partial charge in [0.2, 0.25) is 0 Å². The van der Waals surface area contributed by atoms with Gasteiger partial charge in [-0.25, -0.2) is 9.48 Å². The molecule has 0 aliphatic carbocycles. The number of nitriles is 2. The Balaban J connectivity index is 2.26. The number of methoxy groups -OCH3 is 1. The zero-order valence-electron chi connectivity index (χ0n) is 11.1. The van der Waals surface area contributed by atoms with Crippen LogP contribution in [-0.4, -0.2) is 22.9 Å². The van der Waals surface area contributed by atoms with Crippen LogP contribution in [0.25, 0.3) is 11.8 Å². The number of ether oxygens (including phenoxy) is 1. The lowest BCUT2D eigenvalue weighted by Crippen LogP contribution is -2.03. The van der Waals surface area contributed by atoms with Gasteiger partial charge in [-0.3, -0.25) is 0 Å². The molecule has 0 spiro atoms. The van der Waals surface area contributed by atoms with Crippen LogP contribution in [0.15, 0.2) is 42.1 Å². The first-order valence-electron chi connectivity index (χ1n) is 5.94. The molecule has 0 aliphatic rings. The Morgan fingerprint density at radius 3 is 2.48 bits per heavy atom. The summed E-state index contributed by atoms with van der Waals surface area (Å²) in [6.07, 6.45) is 3.14. The van der Waals surface area contributed by atoms with Gasteiger partial charge in [0.15, 0.2) is 5.69 Å². The van der Waals surface area contributed by atoms with E-state index in [9.17, 15) is 4.79 Å². The van der Waals surface area contributed by atoms with E-state index >= 15 is 0 Å². The number of hydrogen-bond acceptors (Lipinski definition) is 5. The van der Waals surface area contributed by atoms with Crippen LogP contribution >= 0.6 is 0 Å². The number of carbonyl (C=O) groups is 1. The standard InChI is InChI=1S/C15H10N4O2/c1-21-15(20)14-6-7-19(18-14)13-4-2-11(3-5-13)8-12(9-16)10-17/h2-8H,1H3. The number of hydrogen-bond donors (Lipinski definition) is 0. The minimum atomic E-state index is -0.499. The summed E-state index contributed by atoms with van der Waals surface area (Å²) in [6.45, 7) is 0. The number of aromatic nitrogens is 2. The van der Waals surface area contributed by atoms with Crippen LogP contribution in [0.5, 0.6) is 0 Å². The quantitative estimate of drug-likeness (QED) is 0.633. The highest BCUT2D eigenvalue weighted by Crippen LogP contribution is 2.12. The Bertz CT molecular complexity index is 757. The SMILES string of the molecule is COC(=O)c1ccn(-c2ccc(C=C(C#N)C#N)cc2)n1. The summed E-state index contributed by atoms with van der Waals surface area (Å²) in [5.74, 6) is -0.499. The Labute approximate surface area is 121 Å². The molecule has 0 atom stereocenters. The fraction of sp³-hybridized carbons (Fsp3) is 0.0667. The summed E-state index contributed by atoms with van der Waals surface area (Å²) in [6, 6.07) is 12.2. The van der Waals surface area contributed by atoms with Gasteiger partial charge < -0.3 is 4.74 Å². The lowest BCUT2D eigenvalue weighted by molar-refractivity contribution is 0.0593. The van der Waals surface area contributed by atoms with Crippen LogP contribution in [0.1, 0.15) is 16.1 Å². The van der Waals surface area contributed by atoms with E-state index < -0.39 is 5.97 Å².